The van der Waals surface area contributed by atoms with Crippen LogP contribution in [-0.2, 0) is 9.53 Å². The SMILES string of the molecule is COc1cc(/C=C(/C#N)C(=O)NCCCN2CCOCC2)ccc1O. The molecule has 1 aromatic rings. The molecule has 7 nitrogen and oxygen atoms in total. The lowest BCUT2D eigenvalue weighted by atomic mass is 10.1. The van der Waals surface area contributed by atoms with Gasteiger partial charge in [-0.25, -0.2) is 0 Å². The van der Waals surface area contributed by atoms with E-state index in [0.717, 1.165) is 39.3 Å². The van der Waals surface area contributed by atoms with Crippen molar-refractivity contribution in [1.82, 2.24) is 10.2 Å². The van der Waals surface area contributed by atoms with Crippen LogP contribution in [0.5, 0.6) is 11.5 Å². The number of morpholine rings is 1. The van der Waals surface area contributed by atoms with Crippen LogP contribution >= 0.6 is 0 Å². The molecule has 1 fully saturated rings. The van der Waals surface area contributed by atoms with Crippen LogP contribution in [0, 0.1) is 11.3 Å². The van der Waals surface area contributed by atoms with Crippen molar-refractivity contribution in [2.45, 2.75) is 6.42 Å². The molecule has 0 aromatic heterocycles. The van der Waals surface area contributed by atoms with Gasteiger partial charge in [-0.1, -0.05) is 6.07 Å². The fourth-order valence-electron chi connectivity index (χ4n) is 2.52. The molecule has 2 rings (SSSR count). The number of nitrogens with one attached hydrogen (secondary N) is 1. The van der Waals surface area contributed by atoms with Gasteiger partial charge >= 0.3 is 0 Å². The van der Waals surface area contributed by atoms with Gasteiger partial charge in [0.25, 0.3) is 5.91 Å². The second kappa shape index (κ2) is 9.67. The summed E-state index contributed by atoms with van der Waals surface area (Å²) in [4.78, 5) is 14.4. The number of carbonyl (C=O) groups excluding carboxylic acids is 1. The van der Waals surface area contributed by atoms with Gasteiger partial charge < -0.3 is 19.9 Å². The molecule has 0 aliphatic carbocycles. The van der Waals surface area contributed by atoms with Crippen molar-refractivity contribution in [2.24, 2.45) is 0 Å². The molecule has 0 unspecified atom stereocenters. The molecular weight excluding hydrogens is 322 g/mol. The number of hydrogen-bond acceptors (Lipinski definition) is 6. The zero-order valence-electron chi connectivity index (χ0n) is 14.3. The van der Waals surface area contributed by atoms with Crippen LogP contribution in [0.2, 0.25) is 0 Å². The number of ether oxygens (including phenoxy) is 2. The second-order valence-corrected chi connectivity index (χ2v) is 5.66. The summed E-state index contributed by atoms with van der Waals surface area (Å²) in [6.45, 7) is 4.74. The summed E-state index contributed by atoms with van der Waals surface area (Å²) >= 11 is 0. The van der Waals surface area contributed by atoms with E-state index in [4.69, 9.17) is 9.47 Å². The topological polar surface area (TPSA) is 94.8 Å². The summed E-state index contributed by atoms with van der Waals surface area (Å²) in [5.41, 5.74) is 0.619. The molecule has 1 aromatic carbocycles. The van der Waals surface area contributed by atoms with E-state index in [1.54, 1.807) is 12.1 Å². The standard InChI is InChI=1S/C18H23N3O4/c1-24-17-12-14(3-4-16(17)22)11-15(13-19)18(23)20-5-2-6-21-7-9-25-10-8-21/h3-4,11-12,22H,2,5-10H2,1H3,(H,20,23)/b15-11-. The highest BCUT2D eigenvalue weighted by molar-refractivity contribution is 6.01. The number of rotatable bonds is 7. The fourth-order valence-corrected chi connectivity index (χ4v) is 2.52. The maximum absolute atomic E-state index is 12.1. The van der Waals surface area contributed by atoms with Gasteiger partial charge in [0, 0.05) is 19.6 Å². The third-order valence-corrected chi connectivity index (χ3v) is 3.92. The van der Waals surface area contributed by atoms with Crippen LogP contribution in [-0.4, -0.2) is 62.4 Å². The molecule has 7 heteroatoms. The minimum absolute atomic E-state index is 0.00530. The molecule has 1 aliphatic rings. The minimum atomic E-state index is -0.406. The van der Waals surface area contributed by atoms with E-state index < -0.39 is 5.91 Å². The van der Waals surface area contributed by atoms with E-state index in [2.05, 4.69) is 10.2 Å². The second-order valence-electron chi connectivity index (χ2n) is 5.66. The van der Waals surface area contributed by atoms with E-state index in [1.165, 1.54) is 19.3 Å². The third kappa shape index (κ3) is 5.78. The largest absolute Gasteiger partial charge is 0.504 e. The zero-order chi connectivity index (χ0) is 18.1. The normalized spacial score (nSPS) is 15.4. The first-order chi connectivity index (χ1) is 12.1. The van der Waals surface area contributed by atoms with Gasteiger partial charge in [-0.15, -0.1) is 0 Å². The highest BCUT2D eigenvalue weighted by Crippen LogP contribution is 2.27. The lowest BCUT2D eigenvalue weighted by Gasteiger charge is -2.26. The molecule has 0 bridgehead atoms. The quantitative estimate of drug-likeness (QED) is 0.437. The Morgan fingerprint density at radius 2 is 2.24 bits per heavy atom. The summed E-state index contributed by atoms with van der Waals surface area (Å²) in [5, 5.41) is 21.6. The number of nitriles is 1. The van der Waals surface area contributed by atoms with E-state index in [1.807, 2.05) is 6.07 Å². The Balaban J connectivity index is 1.86. The number of phenolic OH excluding ortho intramolecular Hbond substituents is 1. The molecule has 1 amide bonds. The van der Waals surface area contributed by atoms with Crippen molar-refractivity contribution in [3.05, 3.63) is 29.3 Å². The molecule has 2 N–H and O–H groups in total. The number of nitrogens with zero attached hydrogens (tertiary/aromatic N) is 2. The van der Waals surface area contributed by atoms with Crippen LogP contribution in [0.25, 0.3) is 6.08 Å². The molecule has 0 atom stereocenters. The molecule has 0 spiro atoms. The van der Waals surface area contributed by atoms with Crippen LogP contribution in [0.3, 0.4) is 0 Å². The van der Waals surface area contributed by atoms with E-state index in [9.17, 15) is 15.2 Å². The summed E-state index contributed by atoms with van der Waals surface area (Å²) in [6, 6.07) is 6.55. The van der Waals surface area contributed by atoms with E-state index >= 15 is 0 Å². The molecule has 1 heterocycles. The van der Waals surface area contributed by atoms with Gasteiger partial charge in [-0.05, 0) is 36.7 Å². The molecule has 25 heavy (non-hydrogen) atoms. The maximum atomic E-state index is 12.1. The number of methoxy groups -OCH3 is 1. The Labute approximate surface area is 147 Å². The van der Waals surface area contributed by atoms with Crippen molar-refractivity contribution in [2.75, 3.05) is 46.5 Å². The summed E-state index contributed by atoms with van der Waals surface area (Å²) in [7, 11) is 1.44. The number of phenols is 1. The van der Waals surface area contributed by atoms with Gasteiger partial charge in [-0.2, -0.15) is 5.26 Å². The van der Waals surface area contributed by atoms with Gasteiger partial charge in [0.1, 0.15) is 11.6 Å². The number of carbonyl (C=O) groups is 1. The Kier molecular flexibility index (Phi) is 7.26. The first kappa shape index (κ1) is 18.8. The van der Waals surface area contributed by atoms with Crippen LogP contribution in [0.4, 0.5) is 0 Å². The van der Waals surface area contributed by atoms with Crippen molar-refractivity contribution >= 4 is 12.0 Å². The summed E-state index contributed by atoms with van der Waals surface area (Å²) < 4.78 is 10.3. The molecule has 1 aliphatic heterocycles. The first-order valence-corrected chi connectivity index (χ1v) is 8.21. The van der Waals surface area contributed by atoms with Crippen LogP contribution in [0.1, 0.15) is 12.0 Å². The van der Waals surface area contributed by atoms with Gasteiger partial charge in [0.05, 0.1) is 20.3 Å². The third-order valence-electron chi connectivity index (χ3n) is 3.92. The summed E-state index contributed by atoms with van der Waals surface area (Å²) in [6.07, 6.45) is 2.29. The number of aromatic hydroxyl groups is 1. The minimum Gasteiger partial charge on any atom is -0.504 e. The monoisotopic (exact) mass is 345 g/mol. The predicted octanol–water partition coefficient (Wildman–Crippen LogP) is 1.15. The average Bonchev–Trinajstić information content (AvgIpc) is 2.65. The Morgan fingerprint density at radius 1 is 1.48 bits per heavy atom. The molecule has 1 saturated heterocycles. The number of benzene rings is 1. The first-order valence-electron chi connectivity index (χ1n) is 8.21. The highest BCUT2D eigenvalue weighted by atomic mass is 16.5. The van der Waals surface area contributed by atoms with Crippen molar-refractivity contribution in [3.63, 3.8) is 0 Å². The highest BCUT2D eigenvalue weighted by Gasteiger charge is 2.12. The predicted molar refractivity (Wildman–Crippen MR) is 93.1 cm³/mol. The Bertz CT molecular complexity index is 661. The smallest absolute Gasteiger partial charge is 0.261 e. The van der Waals surface area contributed by atoms with Gasteiger partial charge in [0.15, 0.2) is 11.5 Å². The molecule has 134 valence electrons. The van der Waals surface area contributed by atoms with Crippen molar-refractivity contribution < 1.29 is 19.4 Å². The van der Waals surface area contributed by atoms with Crippen molar-refractivity contribution in [3.8, 4) is 17.6 Å². The lowest BCUT2D eigenvalue weighted by molar-refractivity contribution is -0.117. The van der Waals surface area contributed by atoms with E-state index in [0.29, 0.717) is 12.1 Å². The lowest BCUT2D eigenvalue weighted by Crippen LogP contribution is -2.38. The summed E-state index contributed by atoms with van der Waals surface area (Å²) in [5.74, 6) is -0.112. The molecule has 0 saturated carbocycles. The maximum Gasteiger partial charge on any atom is 0.261 e. The molecular formula is C18H23N3O4. The van der Waals surface area contributed by atoms with Crippen molar-refractivity contribution in [1.29, 1.82) is 5.26 Å². The molecule has 0 radical (unpaired) electrons. The zero-order valence-corrected chi connectivity index (χ0v) is 14.3. The number of hydrogen-bond donors (Lipinski definition) is 2. The fraction of sp³-hybridized carbons (Fsp3) is 0.444. The Morgan fingerprint density at radius 3 is 2.92 bits per heavy atom. The average molecular weight is 345 g/mol. The van der Waals surface area contributed by atoms with E-state index in [-0.39, 0.29) is 17.1 Å². The van der Waals surface area contributed by atoms with Gasteiger partial charge in [0.2, 0.25) is 0 Å². The number of amides is 1. The van der Waals surface area contributed by atoms with Crippen LogP contribution in [0.15, 0.2) is 23.8 Å². The van der Waals surface area contributed by atoms with Crippen LogP contribution < -0.4 is 10.1 Å². The van der Waals surface area contributed by atoms with Gasteiger partial charge in [-0.3, -0.25) is 9.69 Å². The Hall–Kier alpha value is -2.56.